The summed E-state index contributed by atoms with van der Waals surface area (Å²) in [5.74, 6) is -1.04. The molecule has 1 heterocycles. The molecule has 1 aliphatic heterocycles. The highest BCUT2D eigenvalue weighted by molar-refractivity contribution is 6.64. The number of carboxylic acid groups (broad SMARTS) is 1. The number of aldehydes is 1. The Morgan fingerprint density at radius 2 is 1.71 bits per heavy atom. The van der Waals surface area contributed by atoms with Crippen molar-refractivity contribution in [2.24, 2.45) is 0 Å². The monoisotopic (exact) mass is 290 g/mol. The summed E-state index contributed by atoms with van der Waals surface area (Å²) < 4.78 is 11.9. The molecule has 0 saturated carbocycles. The van der Waals surface area contributed by atoms with Crippen LogP contribution in [-0.4, -0.2) is 35.7 Å². The molecule has 1 aliphatic rings. The summed E-state index contributed by atoms with van der Waals surface area (Å²) in [4.78, 5) is 22.6. The molecule has 1 N–H and O–H groups in total. The van der Waals surface area contributed by atoms with Crippen LogP contribution < -0.4 is 5.46 Å². The quantitative estimate of drug-likeness (QED) is 0.679. The fourth-order valence-corrected chi connectivity index (χ4v) is 2.36. The number of hydrogen-bond acceptors (Lipinski definition) is 4. The van der Waals surface area contributed by atoms with Crippen molar-refractivity contribution in [2.75, 3.05) is 0 Å². The maximum Gasteiger partial charge on any atom is 0.495 e. The van der Waals surface area contributed by atoms with Gasteiger partial charge in [-0.15, -0.1) is 0 Å². The Balaban J connectivity index is 2.56. The highest BCUT2D eigenvalue weighted by Gasteiger charge is 2.52. The maximum atomic E-state index is 11.3. The van der Waals surface area contributed by atoms with Crippen molar-refractivity contribution in [1.29, 1.82) is 0 Å². The summed E-state index contributed by atoms with van der Waals surface area (Å²) in [6, 6.07) is 2.92. The van der Waals surface area contributed by atoms with Crippen molar-refractivity contribution >= 4 is 24.8 Å². The molecule has 0 spiro atoms. The van der Waals surface area contributed by atoms with Gasteiger partial charge in [0.15, 0.2) is 0 Å². The van der Waals surface area contributed by atoms with Crippen LogP contribution in [0.25, 0.3) is 0 Å². The Hall–Kier alpha value is -1.66. The van der Waals surface area contributed by atoms with E-state index in [4.69, 9.17) is 9.31 Å². The molecule has 0 atom stereocenters. The lowest BCUT2D eigenvalue weighted by Crippen LogP contribution is -2.41. The van der Waals surface area contributed by atoms with Gasteiger partial charge in [-0.2, -0.15) is 0 Å². The molecule has 0 radical (unpaired) electrons. The standard InChI is InChI=1S/C15H19BO5/c1-9-11(13(18)19)7-6-10(8-17)12(9)16-20-14(2,3)15(4,5)21-16/h6-8H,1-5H3,(H,18,19). The molecule has 0 amide bonds. The van der Waals surface area contributed by atoms with Gasteiger partial charge in [0.25, 0.3) is 0 Å². The first-order valence-corrected chi connectivity index (χ1v) is 6.78. The van der Waals surface area contributed by atoms with Crippen LogP contribution in [0.3, 0.4) is 0 Å². The molecule has 1 fully saturated rings. The van der Waals surface area contributed by atoms with Crippen LogP contribution >= 0.6 is 0 Å². The third-order valence-corrected chi connectivity index (χ3v) is 4.39. The van der Waals surface area contributed by atoms with Gasteiger partial charge in [-0.1, -0.05) is 6.07 Å². The molecule has 1 aromatic carbocycles. The van der Waals surface area contributed by atoms with E-state index in [1.165, 1.54) is 12.1 Å². The second kappa shape index (κ2) is 4.96. The molecule has 21 heavy (non-hydrogen) atoms. The van der Waals surface area contributed by atoms with E-state index in [9.17, 15) is 14.7 Å². The Labute approximate surface area is 124 Å². The molecular formula is C15H19BO5. The molecule has 1 aromatic rings. The smallest absolute Gasteiger partial charge is 0.478 e. The fraction of sp³-hybridized carbons (Fsp3) is 0.467. The van der Waals surface area contributed by atoms with Gasteiger partial charge in [0.05, 0.1) is 16.8 Å². The normalized spacial score (nSPS) is 19.6. The molecule has 0 aliphatic carbocycles. The van der Waals surface area contributed by atoms with Crippen molar-refractivity contribution in [1.82, 2.24) is 0 Å². The Kier molecular flexibility index (Phi) is 3.72. The summed E-state index contributed by atoms with van der Waals surface area (Å²) in [5, 5.41) is 9.23. The van der Waals surface area contributed by atoms with Gasteiger partial charge in [-0.05, 0) is 51.7 Å². The Bertz CT molecular complexity index is 590. The molecule has 2 rings (SSSR count). The van der Waals surface area contributed by atoms with Crippen LogP contribution in [0.15, 0.2) is 12.1 Å². The van der Waals surface area contributed by atoms with Gasteiger partial charge in [0, 0.05) is 5.56 Å². The molecule has 6 heteroatoms. The highest BCUT2D eigenvalue weighted by Crippen LogP contribution is 2.37. The van der Waals surface area contributed by atoms with Gasteiger partial charge in [0.1, 0.15) is 6.29 Å². The van der Waals surface area contributed by atoms with Crippen molar-refractivity contribution in [3.05, 3.63) is 28.8 Å². The lowest BCUT2D eigenvalue weighted by molar-refractivity contribution is 0.00578. The minimum atomic E-state index is -1.04. The average Bonchev–Trinajstić information content (AvgIpc) is 2.56. The number of carboxylic acids is 1. The number of hydrogen-bond donors (Lipinski definition) is 1. The van der Waals surface area contributed by atoms with Gasteiger partial charge in [-0.25, -0.2) is 4.79 Å². The third kappa shape index (κ3) is 2.49. The van der Waals surface area contributed by atoms with Crippen LogP contribution in [-0.2, 0) is 9.31 Å². The number of aromatic carboxylic acids is 1. The molecular weight excluding hydrogens is 271 g/mol. The summed E-state index contributed by atoms with van der Waals surface area (Å²) in [5.41, 5.74) is 0.405. The SMILES string of the molecule is Cc1c(C(=O)O)ccc(C=O)c1B1OC(C)(C)C(C)(C)O1. The van der Waals surface area contributed by atoms with E-state index in [0.29, 0.717) is 22.9 Å². The molecule has 5 nitrogen and oxygen atoms in total. The van der Waals surface area contributed by atoms with E-state index in [1.807, 2.05) is 27.7 Å². The third-order valence-electron chi connectivity index (χ3n) is 4.39. The van der Waals surface area contributed by atoms with Crippen LogP contribution in [0.5, 0.6) is 0 Å². The van der Waals surface area contributed by atoms with E-state index in [2.05, 4.69) is 0 Å². The van der Waals surface area contributed by atoms with E-state index in [-0.39, 0.29) is 5.56 Å². The zero-order valence-corrected chi connectivity index (χ0v) is 12.9. The lowest BCUT2D eigenvalue weighted by atomic mass is 9.72. The summed E-state index contributed by atoms with van der Waals surface area (Å²) in [6.07, 6.45) is 0.693. The van der Waals surface area contributed by atoms with Gasteiger partial charge in [0.2, 0.25) is 0 Å². The zero-order chi connectivity index (χ0) is 16.0. The molecule has 0 aromatic heterocycles. The van der Waals surface area contributed by atoms with Crippen LogP contribution in [0.4, 0.5) is 0 Å². The molecule has 0 unspecified atom stereocenters. The average molecular weight is 290 g/mol. The van der Waals surface area contributed by atoms with Gasteiger partial charge >= 0.3 is 13.1 Å². The Morgan fingerprint density at radius 3 is 2.14 bits per heavy atom. The minimum absolute atomic E-state index is 0.144. The van der Waals surface area contributed by atoms with Crippen molar-refractivity contribution in [2.45, 2.75) is 45.8 Å². The van der Waals surface area contributed by atoms with Crippen molar-refractivity contribution in [3.63, 3.8) is 0 Å². The van der Waals surface area contributed by atoms with E-state index in [1.54, 1.807) is 6.92 Å². The predicted molar refractivity (Wildman–Crippen MR) is 79.2 cm³/mol. The summed E-state index contributed by atoms with van der Waals surface area (Å²) >= 11 is 0. The zero-order valence-electron chi connectivity index (χ0n) is 12.9. The van der Waals surface area contributed by atoms with Gasteiger partial charge in [-0.3, -0.25) is 4.79 Å². The topological polar surface area (TPSA) is 72.8 Å². The molecule has 0 bridgehead atoms. The molecule has 1 saturated heterocycles. The maximum absolute atomic E-state index is 11.3. The van der Waals surface area contributed by atoms with E-state index < -0.39 is 24.3 Å². The second-order valence-electron chi connectivity index (χ2n) is 6.25. The summed E-state index contributed by atoms with van der Waals surface area (Å²) in [7, 11) is -0.755. The largest absolute Gasteiger partial charge is 0.495 e. The van der Waals surface area contributed by atoms with Crippen molar-refractivity contribution in [3.8, 4) is 0 Å². The van der Waals surface area contributed by atoms with Crippen molar-refractivity contribution < 1.29 is 24.0 Å². The fourth-order valence-electron chi connectivity index (χ4n) is 2.36. The number of carbonyl (C=O) groups excluding carboxylic acids is 1. The van der Waals surface area contributed by atoms with Gasteiger partial charge < -0.3 is 14.4 Å². The highest BCUT2D eigenvalue weighted by atomic mass is 16.7. The van der Waals surface area contributed by atoms with E-state index in [0.717, 1.165) is 0 Å². The summed E-state index contributed by atoms with van der Waals surface area (Å²) in [6.45, 7) is 9.29. The predicted octanol–water partition coefficient (Wildman–Crippen LogP) is 1.80. The molecule has 112 valence electrons. The number of benzene rings is 1. The Morgan fingerprint density at radius 1 is 1.19 bits per heavy atom. The second-order valence-corrected chi connectivity index (χ2v) is 6.25. The minimum Gasteiger partial charge on any atom is -0.478 e. The van der Waals surface area contributed by atoms with Crippen LogP contribution in [0, 0.1) is 6.92 Å². The first-order chi connectivity index (χ1) is 9.60. The number of rotatable bonds is 3. The number of carbonyl (C=O) groups is 2. The van der Waals surface area contributed by atoms with Crippen LogP contribution in [0.1, 0.15) is 54.0 Å². The first kappa shape index (κ1) is 15.7. The lowest BCUT2D eigenvalue weighted by Gasteiger charge is -2.32. The first-order valence-electron chi connectivity index (χ1n) is 6.78. The van der Waals surface area contributed by atoms with E-state index >= 15 is 0 Å². The van der Waals surface area contributed by atoms with Crippen LogP contribution in [0.2, 0.25) is 0 Å².